The molecule has 1 N–H and O–H groups in total. The zero-order valence-electron chi connectivity index (χ0n) is 14.5. The summed E-state index contributed by atoms with van der Waals surface area (Å²) in [6.45, 7) is 4.86. The van der Waals surface area contributed by atoms with Gasteiger partial charge in [0.25, 0.3) is 5.91 Å². The van der Waals surface area contributed by atoms with Gasteiger partial charge in [-0.05, 0) is 55.8 Å². The summed E-state index contributed by atoms with van der Waals surface area (Å²) in [5.74, 6) is 0.663. The zero-order valence-corrected chi connectivity index (χ0v) is 15.4. The van der Waals surface area contributed by atoms with Gasteiger partial charge < -0.3 is 10.1 Å². The molecular weight excluding hydrogens is 332 g/mol. The molecule has 2 aromatic carbocycles. The van der Waals surface area contributed by atoms with E-state index in [-0.39, 0.29) is 5.91 Å². The third-order valence-corrected chi connectivity index (χ3v) is 4.84. The van der Waals surface area contributed by atoms with E-state index in [0.29, 0.717) is 12.2 Å². The van der Waals surface area contributed by atoms with Crippen molar-refractivity contribution in [2.45, 2.75) is 33.1 Å². The first-order valence-electron chi connectivity index (χ1n) is 8.57. The number of carbonyl (C=O) groups excluding carboxylic acids is 1. The average Bonchev–Trinajstić information content (AvgIpc) is 2.98. The van der Waals surface area contributed by atoms with Crippen molar-refractivity contribution in [3.63, 3.8) is 0 Å². The first-order valence-corrected chi connectivity index (χ1v) is 9.39. The van der Waals surface area contributed by atoms with Crippen molar-refractivity contribution in [3.8, 4) is 5.75 Å². The number of hydrogen-bond acceptors (Lipinski definition) is 4. The van der Waals surface area contributed by atoms with E-state index in [0.717, 1.165) is 33.1 Å². The third kappa shape index (κ3) is 4.57. The fourth-order valence-corrected chi connectivity index (χ4v) is 3.38. The lowest BCUT2D eigenvalue weighted by molar-refractivity contribution is 0.102. The summed E-state index contributed by atoms with van der Waals surface area (Å²) in [5.41, 5.74) is 2.27. The Labute approximate surface area is 151 Å². The van der Waals surface area contributed by atoms with Gasteiger partial charge in [-0.2, -0.15) is 0 Å². The number of nitrogens with one attached hydrogen (secondary N) is 1. The van der Waals surface area contributed by atoms with E-state index < -0.39 is 0 Å². The summed E-state index contributed by atoms with van der Waals surface area (Å²) >= 11 is 1.65. The number of aromatic nitrogens is 1. The van der Waals surface area contributed by atoms with E-state index in [1.165, 1.54) is 12.8 Å². The molecule has 25 heavy (non-hydrogen) atoms. The van der Waals surface area contributed by atoms with Crippen molar-refractivity contribution in [2.75, 3.05) is 11.9 Å². The maximum atomic E-state index is 12.4. The first kappa shape index (κ1) is 17.4. The highest BCUT2D eigenvalue weighted by atomic mass is 32.1. The van der Waals surface area contributed by atoms with E-state index >= 15 is 0 Å². The first-order chi connectivity index (χ1) is 12.2. The van der Waals surface area contributed by atoms with Crippen LogP contribution in [-0.4, -0.2) is 17.5 Å². The van der Waals surface area contributed by atoms with Crippen LogP contribution in [0.4, 0.5) is 5.69 Å². The summed E-state index contributed by atoms with van der Waals surface area (Å²) in [6.07, 6.45) is 3.40. The van der Waals surface area contributed by atoms with Gasteiger partial charge in [-0.25, -0.2) is 4.98 Å². The zero-order chi connectivity index (χ0) is 17.6. The number of benzene rings is 2. The number of aryl methyl sites for hydroxylation is 1. The molecule has 0 aliphatic rings. The van der Waals surface area contributed by atoms with Crippen molar-refractivity contribution in [1.82, 2.24) is 4.98 Å². The predicted octanol–water partition coefficient (Wildman–Crippen LogP) is 5.43. The van der Waals surface area contributed by atoms with Gasteiger partial charge >= 0.3 is 0 Å². The summed E-state index contributed by atoms with van der Waals surface area (Å²) in [5, 5.41) is 3.95. The molecule has 5 heteroatoms. The highest BCUT2D eigenvalue weighted by molar-refractivity contribution is 7.18. The smallest absolute Gasteiger partial charge is 0.255 e. The largest absolute Gasteiger partial charge is 0.494 e. The van der Waals surface area contributed by atoms with E-state index in [1.54, 1.807) is 23.5 Å². The second-order valence-corrected chi connectivity index (χ2v) is 7.18. The number of thiazole rings is 1. The number of rotatable bonds is 7. The van der Waals surface area contributed by atoms with Crippen LogP contribution in [0.3, 0.4) is 0 Å². The second-order valence-electron chi connectivity index (χ2n) is 5.95. The number of unbranched alkanes of at least 4 members (excludes halogenated alkanes) is 2. The molecule has 0 unspecified atom stereocenters. The maximum Gasteiger partial charge on any atom is 0.255 e. The van der Waals surface area contributed by atoms with Crippen molar-refractivity contribution in [1.29, 1.82) is 0 Å². The lowest BCUT2D eigenvalue weighted by atomic mass is 10.2. The molecule has 1 aromatic heterocycles. The van der Waals surface area contributed by atoms with Crippen LogP contribution in [0.1, 0.15) is 41.6 Å². The average molecular weight is 354 g/mol. The lowest BCUT2D eigenvalue weighted by Crippen LogP contribution is -2.11. The topological polar surface area (TPSA) is 51.2 Å². The molecule has 3 rings (SSSR count). The van der Waals surface area contributed by atoms with Crippen LogP contribution in [0.25, 0.3) is 10.2 Å². The van der Waals surface area contributed by atoms with Crippen molar-refractivity contribution in [3.05, 3.63) is 53.0 Å². The number of ether oxygens (including phenoxy) is 1. The fraction of sp³-hybridized carbons (Fsp3) is 0.300. The normalized spacial score (nSPS) is 10.8. The number of nitrogens with zero attached hydrogens (tertiary/aromatic N) is 1. The third-order valence-electron chi connectivity index (χ3n) is 3.89. The number of fused-ring (bicyclic) bond motifs is 1. The van der Waals surface area contributed by atoms with Gasteiger partial charge in [0.05, 0.1) is 21.8 Å². The standard InChI is InChI=1S/C20H22N2O2S/c1-3-4-5-12-24-17-9-6-15(7-10-17)20(23)22-16-8-11-19-18(13-16)21-14(2)25-19/h6-11,13H,3-5,12H2,1-2H3,(H,22,23). The molecule has 0 saturated carbocycles. The van der Waals surface area contributed by atoms with Crippen LogP contribution in [0.5, 0.6) is 5.75 Å². The molecule has 0 saturated heterocycles. The number of anilines is 1. The van der Waals surface area contributed by atoms with Crippen LogP contribution < -0.4 is 10.1 Å². The van der Waals surface area contributed by atoms with Crippen LogP contribution >= 0.6 is 11.3 Å². The molecule has 0 radical (unpaired) electrons. The molecular formula is C20H22N2O2S. The number of hydrogen-bond donors (Lipinski definition) is 1. The molecule has 1 amide bonds. The molecule has 0 aliphatic carbocycles. The van der Waals surface area contributed by atoms with E-state index in [2.05, 4.69) is 17.2 Å². The Balaban J connectivity index is 1.61. The predicted molar refractivity (Wildman–Crippen MR) is 104 cm³/mol. The molecule has 0 fully saturated rings. The van der Waals surface area contributed by atoms with Gasteiger partial charge in [0.1, 0.15) is 5.75 Å². The molecule has 0 atom stereocenters. The van der Waals surface area contributed by atoms with Gasteiger partial charge in [0.2, 0.25) is 0 Å². The highest BCUT2D eigenvalue weighted by Gasteiger charge is 2.08. The Morgan fingerprint density at radius 2 is 1.96 bits per heavy atom. The van der Waals surface area contributed by atoms with Gasteiger partial charge in [-0.3, -0.25) is 4.79 Å². The maximum absolute atomic E-state index is 12.4. The molecule has 1 heterocycles. The Morgan fingerprint density at radius 3 is 2.72 bits per heavy atom. The Hall–Kier alpha value is -2.40. The van der Waals surface area contributed by atoms with Crippen molar-refractivity contribution >= 4 is 33.1 Å². The minimum absolute atomic E-state index is 0.135. The van der Waals surface area contributed by atoms with Crippen molar-refractivity contribution < 1.29 is 9.53 Å². The Kier molecular flexibility index (Phi) is 5.66. The molecule has 130 valence electrons. The quantitative estimate of drug-likeness (QED) is 0.576. The molecule has 4 nitrogen and oxygen atoms in total. The number of carbonyl (C=O) groups is 1. The SMILES string of the molecule is CCCCCOc1ccc(C(=O)Nc2ccc3sc(C)nc3c2)cc1. The monoisotopic (exact) mass is 354 g/mol. The summed E-state index contributed by atoms with van der Waals surface area (Å²) in [7, 11) is 0. The van der Waals surface area contributed by atoms with E-state index in [9.17, 15) is 4.79 Å². The van der Waals surface area contributed by atoms with Crippen LogP contribution in [0.2, 0.25) is 0 Å². The minimum Gasteiger partial charge on any atom is -0.494 e. The van der Waals surface area contributed by atoms with Crippen LogP contribution in [0, 0.1) is 6.92 Å². The lowest BCUT2D eigenvalue weighted by Gasteiger charge is -2.08. The van der Waals surface area contributed by atoms with Crippen molar-refractivity contribution in [2.24, 2.45) is 0 Å². The van der Waals surface area contributed by atoms with Crippen LogP contribution in [-0.2, 0) is 0 Å². The summed E-state index contributed by atoms with van der Waals surface area (Å²) in [6, 6.07) is 13.1. The molecule has 0 bridgehead atoms. The van der Waals surface area contributed by atoms with Gasteiger partial charge in [0, 0.05) is 11.3 Å². The molecule has 0 spiro atoms. The molecule has 0 aliphatic heterocycles. The van der Waals surface area contributed by atoms with Gasteiger partial charge in [0.15, 0.2) is 0 Å². The number of amides is 1. The second kappa shape index (κ2) is 8.12. The highest BCUT2D eigenvalue weighted by Crippen LogP contribution is 2.24. The Bertz CT molecular complexity index is 856. The Morgan fingerprint density at radius 1 is 1.16 bits per heavy atom. The summed E-state index contributed by atoms with van der Waals surface area (Å²) in [4.78, 5) is 16.9. The van der Waals surface area contributed by atoms with E-state index in [1.807, 2.05) is 37.3 Å². The molecule has 3 aromatic rings. The van der Waals surface area contributed by atoms with Gasteiger partial charge in [-0.15, -0.1) is 11.3 Å². The van der Waals surface area contributed by atoms with Crippen LogP contribution in [0.15, 0.2) is 42.5 Å². The fourth-order valence-electron chi connectivity index (χ4n) is 2.57. The van der Waals surface area contributed by atoms with E-state index in [4.69, 9.17) is 4.74 Å². The minimum atomic E-state index is -0.135. The van der Waals surface area contributed by atoms with Gasteiger partial charge in [-0.1, -0.05) is 19.8 Å². The summed E-state index contributed by atoms with van der Waals surface area (Å²) < 4.78 is 6.80.